The molecule has 0 bridgehead atoms. The van der Waals surface area contributed by atoms with Gasteiger partial charge in [0.15, 0.2) is 0 Å². The summed E-state index contributed by atoms with van der Waals surface area (Å²) < 4.78 is 13.3. The zero-order valence-electron chi connectivity index (χ0n) is 18.4. The highest BCUT2D eigenvalue weighted by Gasteiger charge is 2.21. The molecule has 2 aromatic rings. The largest absolute Gasteiger partial charge is 0.332 e. The van der Waals surface area contributed by atoms with Crippen LogP contribution in [-0.4, -0.2) is 34.7 Å². The van der Waals surface area contributed by atoms with Gasteiger partial charge in [0, 0.05) is 24.4 Å². The summed E-state index contributed by atoms with van der Waals surface area (Å²) in [4.78, 5) is 30.3. The smallest absolute Gasteiger partial charge is 0.242 e. The first-order chi connectivity index (χ1) is 15.0. The third-order valence-electron chi connectivity index (χ3n) is 5.09. The lowest BCUT2D eigenvalue weighted by atomic mass is 10.1. The fraction of sp³-hybridized carbons (Fsp3) is 0.440. The molecule has 0 aliphatic heterocycles. The van der Waals surface area contributed by atoms with Gasteiger partial charge in [0.1, 0.15) is 12.4 Å². The molecule has 2 amide bonds. The van der Waals surface area contributed by atoms with E-state index < -0.39 is 0 Å². The first-order valence-electron chi connectivity index (χ1n) is 11.0. The minimum absolute atomic E-state index is 0.0115. The minimum atomic E-state index is -0.304. The fourth-order valence-corrected chi connectivity index (χ4v) is 4.06. The van der Waals surface area contributed by atoms with Crippen LogP contribution in [0.15, 0.2) is 54.4 Å². The lowest BCUT2D eigenvalue weighted by molar-refractivity contribution is -0.140. The molecule has 1 aromatic carbocycles. The van der Waals surface area contributed by atoms with E-state index in [0.717, 1.165) is 29.7 Å². The van der Waals surface area contributed by atoms with Crippen molar-refractivity contribution in [2.24, 2.45) is 0 Å². The van der Waals surface area contributed by atoms with E-state index in [4.69, 9.17) is 0 Å². The molecule has 0 aliphatic rings. The Kier molecular flexibility index (Phi) is 11.0. The molecule has 1 heterocycles. The van der Waals surface area contributed by atoms with Crippen molar-refractivity contribution < 1.29 is 14.0 Å². The van der Waals surface area contributed by atoms with E-state index in [1.165, 1.54) is 25.0 Å². The normalized spacial score (nSPS) is 10.6. The second-order valence-electron chi connectivity index (χ2n) is 7.68. The lowest BCUT2D eigenvalue weighted by Crippen LogP contribution is -2.42. The summed E-state index contributed by atoms with van der Waals surface area (Å²) in [5, 5.41) is 1.97. The lowest BCUT2D eigenvalue weighted by Gasteiger charge is -2.27. The van der Waals surface area contributed by atoms with Gasteiger partial charge in [-0.2, -0.15) is 0 Å². The maximum atomic E-state index is 13.3. The number of halogens is 1. The molecule has 0 fully saturated rings. The van der Waals surface area contributed by atoms with Crippen molar-refractivity contribution in [3.63, 3.8) is 0 Å². The van der Waals surface area contributed by atoms with Gasteiger partial charge in [-0.3, -0.25) is 9.59 Å². The number of thiophene rings is 1. The Morgan fingerprint density at radius 1 is 1.00 bits per heavy atom. The van der Waals surface area contributed by atoms with Gasteiger partial charge in [-0.05, 0) is 35.6 Å². The third-order valence-corrected chi connectivity index (χ3v) is 5.95. The molecule has 4 nitrogen and oxygen atoms in total. The van der Waals surface area contributed by atoms with Gasteiger partial charge in [0.2, 0.25) is 11.8 Å². The molecule has 6 heteroatoms. The molecule has 1 aromatic heterocycles. The van der Waals surface area contributed by atoms with Gasteiger partial charge in [0.25, 0.3) is 0 Å². The Morgan fingerprint density at radius 2 is 1.74 bits per heavy atom. The van der Waals surface area contributed by atoms with Gasteiger partial charge in [-0.15, -0.1) is 17.9 Å². The van der Waals surface area contributed by atoms with E-state index >= 15 is 0 Å². The number of unbranched alkanes of at least 4 members (excludes halogenated alkanes) is 4. The van der Waals surface area contributed by atoms with E-state index in [2.05, 4.69) is 13.5 Å². The summed E-state index contributed by atoms with van der Waals surface area (Å²) in [6, 6.07) is 10.1. The van der Waals surface area contributed by atoms with Crippen molar-refractivity contribution >= 4 is 23.2 Å². The van der Waals surface area contributed by atoms with E-state index in [0.29, 0.717) is 26.1 Å². The van der Waals surface area contributed by atoms with Crippen LogP contribution in [0.3, 0.4) is 0 Å². The Morgan fingerprint density at radius 3 is 2.39 bits per heavy atom. The number of benzene rings is 1. The topological polar surface area (TPSA) is 40.6 Å². The van der Waals surface area contributed by atoms with Crippen LogP contribution in [0.4, 0.5) is 4.39 Å². The molecule has 0 atom stereocenters. The van der Waals surface area contributed by atoms with Crippen LogP contribution in [0, 0.1) is 5.82 Å². The maximum absolute atomic E-state index is 13.3. The van der Waals surface area contributed by atoms with Gasteiger partial charge in [-0.1, -0.05) is 56.9 Å². The number of amides is 2. The van der Waals surface area contributed by atoms with Gasteiger partial charge >= 0.3 is 0 Å². The van der Waals surface area contributed by atoms with Crippen molar-refractivity contribution in [1.82, 2.24) is 9.80 Å². The second kappa shape index (κ2) is 13.8. The summed E-state index contributed by atoms with van der Waals surface area (Å²) in [6.07, 6.45) is 7.47. The molecule has 0 saturated carbocycles. The highest BCUT2D eigenvalue weighted by molar-refractivity contribution is 7.09. The Labute approximate surface area is 189 Å². The predicted octanol–water partition coefficient (Wildman–Crippen LogP) is 5.79. The van der Waals surface area contributed by atoms with Crippen LogP contribution in [0.5, 0.6) is 0 Å². The van der Waals surface area contributed by atoms with Gasteiger partial charge in [0.05, 0.1) is 6.54 Å². The third kappa shape index (κ3) is 9.05. The number of carbonyl (C=O) groups excluding carboxylic acids is 2. The molecule has 0 saturated heterocycles. The van der Waals surface area contributed by atoms with Crippen molar-refractivity contribution in [3.05, 3.63) is 70.7 Å². The Balaban J connectivity index is 2.02. The van der Waals surface area contributed by atoms with Crippen LogP contribution >= 0.6 is 11.3 Å². The average Bonchev–Trinajstić information content (AvgIpc) is 3.27. The number of nitrogens with zero attached hydrogens (tertiary/aromatic N) is 2. The summed E-state index contributed by atoms with van der Waals surface area (Å²) in [6.45, 7) is 7.10. The Hall–Kier alpha value is -2.47. The highest BCUT2D eigenvalue weighted by Crippen LogP contribution is 2.16. The number of rotatable bonds is 14. The van der Waals surface area contributed by atoms with Crippen LogP contribution in [0.2, 0.25) is 0 Å². The zero-order chi connectivity index (χ0) is 22.5. The first-order valence-corrected chi connectivity index (χ1v) is 11.8. The van der Waals surface area contributed by atoms with E-state index in [9.17, 15) is 14.0 Å². The van der Waals surface area contributed by atoms with Crippen LogP contribution in [0.25, 0.3) is 0 Å². The molecule has 2 rings (SSSR count). The molecule has 168 valence electrons. The molecular formula is C25H33FN2O2S. The van der Waals surface area contributed by atoms with Crippen molar-refractivity contribution in [1.29, 1.82) is 0 Å². The second-order valence-corrected chi connectivity index (χ2v) is 8.72. The summed E-state index contributed by atoms with van der Waals surface area (Å²) in [7, 11) is 0. The molecular weight excluding hydrogens is 411 g/mol. The molecule has 0 N–H and O–H groups in total. The summed E-state index contributed by atoms with van der Waals surface area (Å²) in [5.74, 6) is -0.442. The van der Waals surface area contributed by atoms with Gasteiger partial charge < -0.3 is 9.80 Å². The van der Waals surface area contributed by atoms with E-state index in [1.807, 2.05) is 17.5 Å². The van der Waals surface area contributed by atoms with Crippen LogP contribution in [0.1, 0.15) is 55.9 Å². The fourth-order valence-electron chi connectivity index (χ4n) is 3.34. The zero-order valence-corrected chi connectivity index (χ0v) is 19.2. The van der Waals surface area contributed by atoms with E-state index in [-0.39, 0.29) is 24.2 Å². The monoisotopic (exact) mass is 444 g/mol. The standard InChI is InChI=1S/C25H33FN2O2S/c1-3-5-6-7-8-11-24(29)27(16-4-2)20-25(30)28(19-23-10-9-17-31-23)18-21-12-14-22(26)15-13-21/h4,9-10,12-15,17H,2-3,5-8,11,16,18-20H2,1H3. The highest BCUT2D eigenvalue weighted by atomic mass is 32.1. The van der Waals surface area contributed by atoms with Crippen molar-refractivity contribution in [2.45, 2.75) is 58.5 Å². The molecule has 0 unspecified atom stereocenters. The van der Waals surface area contributed by atoms with Crippen molar-refractivity contribution in [2.75, 3.05) is 13.1 Å². The average molecular weight is 445 g/mol. The van der Waals surface area contributed by atoms with E-state index in [1.54, 1.807) is 39.3 Å². The molecule has 0 spiro atoms. The minimum Gasteiger partial charge on any atom is -0.332 e. The van der Waals surface area contributed by atoms with Crippen LogP contribution < -0.4 is 0 Å². The van der Waals surface area contributed by atoms with Crippen LogP contribution in [-0.2, 0) is 22.7 Å². The molecule has 0 radical (unpaired) electrons. The molecule has 0 aliphatic carbocycles. The van der Waals surface area contributed by atoms with Crippen molar-refractivity contribution in [3.8, 4) is 0 Å². The maximum Gasteiger partial charge on any atom is 0.242 e. The number of hydrogen-bond donors (Lipinski definition) is 0. The SMILES string of the molecule is C=CCN(CC(=O)N(Cc1ccc(F)cc1)Cc1cccs1)C(=O)CCCCCCC. The first kappa shape index (κ1) is 24.8. The quantitative estimate of drug-likeness (QED) is 0.273. The van der Waals surface area contributed by atoms with Gasteiger partial charge in [-0.25, -0.2) is 4.39 Å². The number of hydrogen-bond acceptors (Lipinski definition) is 3. The summed E-state index contributed by atoms with van der Waals surface area (Å²) in [5.41, 5.74) is 0.851. The predicted molar refractivity (Wildman–Crippen MR) is 125 cm³/mol. The number of carbonyl (C=O) groups is 2. The molecule has 31 heavy (non-hydrogen) atoms. The summed E-state index contributed by atoms with van der Waals surface area (Å²) >= 11 is 1.58. The Bertz CT molecular complexity index is 805.